The van der Waals surface area contributed by atoms with Gasteiger partial charge in [-0.05, 0) is 17.9 Å². The molecule has 0 aliphatic rings. The summed E-state index contributed by atoms with van der Waals surface area (Å²) in [5.74, 6) is -1.75. The molecule has 0 saturated heterocycles. The van der Waals surface area contributed by atoms with Gasteiger partial charge in [-0.25, -0.2) is 9.59 Å². The number of hydrogen-bond acceptors (Lipinski definition) is 5. The summed E-state index contributed by atoms with van der Waals surface area (Å²) in [4.78, 5) is 34.2. The van der Waals surface area contributed by atoms with Gasteiger partial charge in [0, 0.05) is 6.42 Å². The van der Waals surface area contributed by atoms with Crippen molar-refractivity contribution in [2.75, 3.05) is 6.61 Å². The number of aliphatic carboxylic acids is 1. The van der Waals surface area contributed by atoms with Gasteiger partial charge < -0.3 is 19.9 Å². The molecule has 1 unspecified atom stereocenters. The van der Waals surface area contributed by atoms with Gasteiger partial charge in [0.2, 0.25) is 0 Å². The minimum atomic E-state index is -0.950. The van der Waals surface area contributed by atoms with Crippen LogP contribution in [0.4, 0.5) is 4.79 Å². The maximum atomic E-state index is 12.0. The van der Waals surface area contributed by atoms with E-state index in [1.165, 1.54) is 0 Å². The number of carboxylic acids is 1. The van der Waals surface area contributed by atoms with Gasteiger partial charge in [0.15, 0.2) is 0 Å². The first kappa shape index (κ1) is 19.5. The highest BCUT2D eigenvalue weighted by Crippen LogP contribution is 2.07. The molecule has 132 valence electrons. The number of esters is 1. The van der Waals surface area contributed by atoms with Crippen LogP contribution in [0.1, 0.15) is 32.3 Å². The second-order valence-electron chi connectivity index (χ2n) is 5.59. The molecule has 2 N–H and O–H groups in total. The number of carbonyl (C=O) groups is 3. The molecule has 1 rings (SSSR count). The van der Waals surface area contributed by atoms with E-state index in [-0.39, 0.29) is 32.0 Å². The summed E-state index contributed by atoms with van der Waals surface area (Å²) in [7, 11) is 0. The molecule has 0 bridgehead atoms. The van der Waals surface area contributed by atoms with Crippen molar-refractivity contribution < 1.29 is 29.0 Å². The molecule has 7 heteroatoms. The summed E-state index contributed by atoms with van der Waals surface area (Å²) < 4.78 is 10.1. The monoisotopic (exact) mass is 337 g/mol. The molecule has 0 aliphatic heterocycles. The average Bonchev–Trinajstić information content (AvgIpc) is 2.55. The summed E-state index contributed by atoms with van der Waals surface area (Å²) in [5, 5.41) is 11.0. The molecular formula is C17H23NO6. The van der Waals surface area contributed by atoms with Crippen LogP contribution in [0, 0.1) is 5.92 Å². The van der Waals surface area contributed by atoms with E-state index in [9.17, 15) is 14.4 Å². The molecule has 1 atom stereocenters. The highest BCUT2D eigenvalue weighted by Gasteiger charge is 2.26. The number of rotatable bonds is 9. The molecular weight excluding hydrogens is 314 g/mol. The van der Waals surface area contributed by atoms with Gasteiger partial charge in [-0.3, -0.25) is 4.79 Å². The number of benzene rings is 1. The van der Waals surface area contributed by atoms with Crippen molar-refractivity contribution >= 4 is 18.0 Å². The Morgan fingerprint density at radius 2 is 1.79 bits per heavy atom. The second-order valence-corrected chi connectivity index (χ2v) is 5.59. The van der Waals surface area contributed by atoms with Crippen LogP contribution in [0.25, 0.3) is 0 Å². The Morgan fingerprint density at radius 3 is 2.38 bits per heavy atom. The first-order valence-electron chi connectivity index (χ1n) is 7.75. The highest BCUT2D eigenvalue weighted by molar-refractivity contribution is 5.81. The van der Waals surface area contributed by atoms with E-state index in [0.29, 0.717) is 0 Å². The fourth-order valence-corrected chi connectivity index (χ4v) is 1.88. The maximum Gasteiger partial charge on any atom is 0.408 e. The Bertz CT molecular complexity index is 543. The highest BCUT2D eigenvalue weighted by atomic mass is 16.6. The van der Waals surface area contributed by atoms with E-state index in [4.69, 9.17) is 14.6 Å². The van der Waals surface area contributed by atoms with Gasteiger partial charge in [-0.1, -0.05) is 44.2 Å². The molecule has 0 saturated carbocycles. The van der Waals surface area contributed by atoms with Crippen LogP contribution < -0.4 is 5.32 Å². The number of amides is 1. The summed E-state index contributed by atoms with van der Waals surface area (Å²) in [6.07, 6.45) is -0.559. The minimum Gasteiger partial charge on any atom is -0.481 e. The van der Waals surface area contributed by atoms with Crippen LogP contribution in [0.3, 0.4) is 0 Å². The number of carboxylic acid groups (broad SMARTS) is 1. The molecule has 24 heavy (non-hydrogen) atoms. The lowest BCUT2D eigenvalue weighted by atomic mass is 10.1. The number of hydrogen-bond donors (Lipinski definition) is 2. The summed E-state index contributed by atoms with van der Waals surface area (Å²) in [5.41, 5.74) is 0.838. The molecule has 1 amide bonds. The van der Waals surface area contributed by atoms with Crippen LogP contribution in [0.15, 0.2) is 30.3 Å². The van der Waals surface area contributed by atoms with Crippen LogP contribution >= 0.6 is 0 Å². The SMILES string of the molecule is CC(C)C(NC(=O)OCc1ccccc1)C(=O)OCCCC(=O)O. The van der Waals surface area contributed by atoms with Crippen LogP contribution in [-0.4, -0.2) is 35.8 Å². The Kier molecular flexibility index (Phi) is 8.32. The van der Waals surface area contributed by atoms with Crippen molar-refractivity contribution in [1.82, 2.24) is 5.32 Å². The lowest BCUT2D eigenvalue weighted by molar-refractivity contribution is -0.148. The van der Waals surface area contributed by atoms with Crippen molar-refractivity contribution in [3.63, 3.8) is 0 Å². The molecule has 1 aromatic carbocycles. The largest absolute Gasteiger partial charge is 0.481 e. The zero-order chi connectivity index (χ0) is 17.9. The second kappa shape index (κ2) is 10.3. The van der Waals surface area contributed by atoms with E-state index in [2.05, 4.69) is 5.32 Å². The van der Waals surface area contributed by atoms with Crippen molar-refractivity contribution in [2.24, 2.45) is 5.92 Å². The van der Waals surface area contributed by atoms with Crippen LogP contribution in [0.2, 0.25) is 0 Å². The molecule has 0 heterocycles. The van der Waals surface area contributed by atoms with Crippen molar-refractivity contribution in [3.8, 4) is 0 Å². The maximum absolute atomic E-state index is 12.0. The predicted molar refractivity (Wildman–Crippen MR) is 86.2 cm³/mol. The van der Waals surface area contributed by atoms with Gasteiger partial charge in [0.05, 0.1) is 6.61 Å². The third-order valence-electron chi connectivity index (χ3n) is 3.19. The Hall–Kier alpha value is -2.57. The van der Waals surface area contributed by atoms with Crippen molar-refractivity contribution in [3.05, 3.63) is 35.9 Å². The smallest absolute Gasteiger partial charge is 0.408 e. The lowest BCUT2D eigenvalue weighted by Crippen LogP contribution is -2.45. The zero-order valence-corrected chi connectivity index (χ0v) is 13.9. The molecule has 7 nitrogen and oxygen atoms in total. The van der Waals surface area contributed by atoms with E-state index < -0.39 is 24.1 Å². The van der Waals surface area contributed by atoms with E-state index in [1.54, 1.807) is 13.8 Å². The third-order valence-corrected chi connectivity index (χ3v) is 3.19. The van der Waals surface area contributed by atoms with Gasteiger partial charge in [-0.15, -0.1) is 0 Å². The molecule has 1 aromatic rings. The lowest BCUT2D eigenvalue weighted by Gasteiger charge is -2.20. The Balaban J connectivity index is 2.42. The number of carbonyl (C=O) groups excluding carboxylic acids is 2. The molecule has 0 aromatic heterocycles. The Labute approximate surface area is 141 Å². The van der Waals surface area contributed by atoms with E-state index in [0.717, 1.165) is 5.56 Å². The fraction of sp³-hybridized carbons (Fsp3) is 0.471. The number of ether oxygens (including phenoxy) is 2. The van der Waals surface area contributed by atoms with E-state index in [1.807, 2.05) is 30.3 Å². The number of alkyl carbamates (subject to hydrolysis) is 1. The summed E-state index contributed by atoms with van der Waals surface area (Å²) in [6, 6.07) is 8.33. The van der Waals surface area contributed by atoms with Gasteiger partial charge in [0.25, 0.3) is 0 Å². The standard InChI is InChI=1S/C17H23NO6/c1-12(2)15(16(21)23-10-6-9-14(19)20)18-17(22)24-11-13-7-4-3-5-8-13/h3-5,7-8,12,15H,6,9-11H2,1-2H3,(H,18,22)(H,19,20). The number of nitrogens with one attached hydrogen (secondary N) is 1. The first-order valence-corrected chi connectivity index (χ1v) is 7.75. The first-order chi connectivity index (χ1) is 11.4. The van der Waals surface area contributed by atoms with Crippen LogP contribution in [-0.2, 0) is 25.7 Å². The normalized spacial score (nSPS) is 11.6. The summed E-state index contributed by atoms with van der Waals surface area (Å²) in [6.45, 7) is 3.63. The third kappa shape index (κ3) is 7.62. The predicted octanol–water partition coefficient (Wildman–Crippen LogP) is 2.35. The fourth-order valence-electron chi connectivity index (χ4n) is 1.88. The van der Waals surface area contributed by atoms with Crippen LogP contribution in [0.5, 0.6) is 0 Å². The zero-order valence-electron chi connectivity index (χ0n) is 13.9. The summed E-state index contributed by atoms with van der Waals surface area (Å²) >= 11 is 0. The Morgan fingerprint density at radius 1 is 1.12 bits per heavy atom. The van der Waals surface area contributed by atoms with Crippen molar-refractivity contribution in [1.29, 1.82) is 0 Å². The van der Waals surface area contributed by atoms with Gasteiger partial charge in [0.1, 0.15) is 12.6 Å². The topological polar surface area (TPSA) is 102 Å². The molecule has 0 fully saturated rings. The van der Waals surface area contributed by atoms with Gasteiger partial charge in [-0.2, -0.15) is 0 Å². The quantitative estimate of drug-likeness (QED) is 0.530. The molecule has 0 aliphatic carbocycles. The van der Waals surface area contributed by atoms with E-state index >= 15 is 0 Å². The molecule has 0 spiro atoms. The average molecular weight is 337 g/mol. The molecule has 0 radical (unpaired) electrons. The van der Waals surface area contributed by atoms with Crippen molar-refractivity contribution in [2.45, 2.75) is 39.3 Å². The minimum absolute atomic E-state index is 0.00486. The van der Waals surface area contributed by atoms with Gasteiger partial charge >= 0.3 is 18.0 Å².